The average Bonchev–Trinajstić information content (AvgIpc) is 2.96. The first kappa shape index (κ1) is 22.8. The molecule has 0 saturated carbocycles. The van der Waals surface area contributed by atoms with E-state index in [1.54, 1.807) is 0 Å². The van der Waals surface area contributed by atoms with E-state index in [0.29, 0.717) is 6.42 Å². The number of aliphatic hydroxyl groups is 1. The Hall–Kier alpha value is -1.29. The van der Waals surface area contributed by atoms with Crippen LogP contribution in [0.2, 0.25) is 0 Å². The van der Waals surface area contributed by atoms with Crippen LogP contribution in [0.15, 0.2) is 35.6 Å². The maximum absolute atomic E-state index is 11.5. The van der Waals surface area contributed by atoms with Crippen molar-refractivity contribution in [2.24, 2.45) is 0 Å². The summed E-state index contributed by atoms with van der Waals surface area (Å²) in [6.45, 7) is 2.23. The molecule has 1 N–H and O–H groups in total. The van der Waals surface area contributed by atoms with E-state index in [1.165, 1.54) is 38.5 Å². The highest BCUT2D eigenvalue weighted by Crippen LogP contribution is 2.26. The first-order valence-electron chi connectivity index (χ1n) is 10.1. The lowest BCUT2D eigenvalue weighted by Crippen LogP contribution is -2.05. The van der Waals surface area contributed by atoms with Gasteiger partial charge >= 0.3 is 0 Å². The Labute approximate surface area is 163 Å². The van der Waals surface area contributed by atoms with Crippen LogP contribution >= 0.6 is 11.8 Å². The van der Waals surface area contributed by atoms with E-state index >= 15 is 0 Å². The Kier molecular flexibility index (Phi) is 13.0. The van der Waals surface area contributed by atoms with E-state index in [2.05, 4.69) is 31.2 Å². The van der Waals surface area contributed by atoms with Gasteiger partial charge in [-0.15, -0.1) is 0 Å². The topological polar surface area (TPSA) is 54.4 Å². The number of hydrogen-bond acceptors (Lipinski definition) is 4. The van der Waals surface area contributed by atoms with Gasteiger partial charge in [0, 0.05) is 6.42 Å². The van der Waals surface area contributed by atoms with Gasteiger partial charge in [-0.25, -0.2) is 0 Å². The number of aliphatic hydroxyl groups excluding tert-OH is 1. The third-order valence-electron chi connectivity index (χ3n) is 4.47. The average molecular weight is 379 g/mol. The van der Waals surface area contributed by atoms with E-state index in [-0.39, 0.29) is 28.0 Å². The van der Waals surface area contributed by atoms with Gasteiger partial charge in [-0.2, -0.15) is 0 Å². The summed E-state index contributed by atoms with van der Waals surface area (Å²) in [5, 5.41) is 9.64. The summed E-state index contributed by atoms with van der Waals surface area (Å²) in [6.07, 6.45) is 22.1. The van der Waals surface area contributed by atoms with Crippen LogP contribution in [0.25, 0.3) is 0 Å². The highest BCUT2D eigenvalue weighted by atomic mass is 32.2. The van der Waals surface area contributed by atoms with E-state index in [9.17, 15) is 14.7 Å². The van der Waals surface area contributed by atoms with Crippen LogP contribution in [0.1, 0.15) is 84.0 Å². The molecule has 1 aliphatic heterocycles. The van der Waals surface area contributed by atoms with Gasteiger partial charge < -0.3 is 5.11 Å². The standard InChI is InChI=1S/C22H34O3S/c1-2-3-4-5-6-7-8-9-10-11-12-13-14-15-16-17-19(23)21-20(24)18-26-22(21)25/h6-7,9-10,23H,2-5,8,11-18H2,1H3. The monoisotopic (exact) mass is 378 g/mol. The fourth-order valence-electron chi connectivity index (χ4n) is 2.90. The van der Waals surface area contributed by atoms with Crippen LogP contribution in [-0.4, -0.2) is 21.8 Å². The second kappa shape index (κ2) is 14.8. The number of unbranched alkanes of at least 4 members (excludes halogenated alkanes) is 8. The van der Waals surface area contributed by atoms with Gasteiger partial charge in [0.25, 0.3) is 0 Å². The predicted molar refractivity (Wildman–Crippen MR) is 111 cm³/mol. The fourth-order valence-corrected chi connectivity index (χ4v) is 3.68. The smallest absolute Gasteiger partial charge is 0.226 e. The molecule has 0 aromatic rings. The Morgan fingerprint density at radius 2 is 1.54 bits per heavy atom. The molecule has 0 aromatic carbocycles. The molecule has 0 spiro atoms. The van der Waals surface area contributed by atoms with Crippen molar-refractivity contribution in [1.82, 2.24) is 0 Å². The first-order chi connectivity index (χ1) is 12.7. The maximum atomic E-state index is 11.5. The zero-order valence-corrected chi connectivity index (χ0v) is 17.0. The number of ketones is 1. The van der Waals surface area contributed by atoms with Gasteiger partial charge in [0.05, 0.1) is 5.75 Å². The summed E-state index contributed by atoms with van der Waals surface area (Å²) < 4.78 is 0. The van der Waals surface area contributed by atoms with Crippen molar-refractivity contribution in [2.75, 3.05) is 5.75 Å². The maximum Gasteiger partial charge on any atom is 0.226 e. The number of allylic oxidation sites excluding steroid dienone is 5. The molecular formula is C22H34O3S. The van der Waals surface area contributed by atoms with Crippen LogP contribution < -0.4 is 0 Å². The van der Waals surface area contributed by atoms with E-state index in [1.807, 2.05) is 0 Å². The minimum absolute atomic E-state index is 0.00400. The van der Waals surface area contributed by atoms with Crippen molar-refractivity contribution in [1.29, 1.82) is 0 Å². The normalized spacial score (nSPS) is 17.1. The lowest BCUT2D eigenvalue weighted by atomic mass is 10.1. The van der Waals surface area contributed by atoms with E-state index in [4.69, 9.17) is 0 Å². The molecule has 1 heterocycles. The predicted octanol–water partition coefficient (Wildman–Crippen LogP) is 6.45. The van der Waals surface area contributed by atoms with Gasteiger partial charge in [0.2, 0.25) is 5.12 Å². The number of carbonyl (C=O) groups is 2. The number of Topliss-reactive ketones (excluding diaryl/α,β-unsaturated/α-hetero) is 1. The van der Waals surface area contributed by atoms with Crippen molar-refractivity contribution in [3.05, 3.63) is 35.6 Å². The zero-order valence-electron chi connectivity index (χ0n) is 16.2. The van der Waals surface area contributed by atoms with Crippen LogP contribution in [0.4, 0.5) is 0 Å². The first-order valence-corrected chi connectivity index (χ1v) is 11.1. The number of thioether (sulfide) groups is 1. The molecule has 3 nitrogen and oxygen atoms in total. The highest BCUT2D eigenvalue weighted by molar-refractivity contribution is 8.15. The van der Waals surface area contributed by atoms with Crippen LogP contribution in [0.5, 0.6) is 0 Å². The summed E-state index contributed by atoms with van der Waals surface area (Å²) in [4.78, 5) is 23.0. The molecule has 0 atom stereocenters. The van der Waals surface area contributed by atoms with Crippen molar-refractivity contribution in [3.8, 4) is 0 Å². The van der Waals surface area contributed by atoms with Gasteiger partial charge in [0.1, 0.15) is 11.3 Å². The molecule has 1 saturated heterocycles. The van der Waals surface area contributed by atoms with Crippen molar-refractivity contribution in [3.63, 3.8) is 0 Å². The van der Waals surface area contributed by atoms with Crippen LogP contribution in [0.3, 0.4) is 0 Å². The summed E-state index contributed by atoms with van der Waals surface area (Å²) in [5.74, 6) is -0.0452. The van der Waals surface area contributed by atoms with Crippen molar-refractivity contribution < 1.29 is 14.7 Å². The molecule has 146 valence electrons. The minimum atomic E-state index is -0.268. The molecule has 0 radical (unpaired) electrons. The summed E-state index contributed by atoms with van der Waals surface area (Å²) in [6, 6.07) is 0. The summed E-state index contributed by atoms with van der Waals surface area (Å²) in [5.41, 5.74) is 0.0413. The molecule has 26 heavy (non-hydrogen) atoms. The zero-order chi connectivity index (χ0) is 19.0. The SMILES string of the molecule is CCCCCC=CCC=CCCCCCCCC(O)=C1C(=O)CSC1=O. The Morgan fingerprint density at radius 3 is 2.15 bits per heavy atom. The lowest BCUT2D eigenvalue weighted by Gasteiger charge is -2.03. The molecule has 0 aromatic heterocycles. The third kappa shape index (κ3) is 10.0. The number of hydrogen-bond donors (Lipinski definition) is 1. The molecule has 0 aliphatic carbocycles. The molecule has 1 aliphatic rings. The fraction of sp³-hybridized carbons (Fsp3) is 0.636. The van der Waals surface area contributed by atoms with Gasteiger partial charge in [0.15, 0.2) is 5.78 Å². The van der Waals surface area contributed by atoms with Gasteiger partial charge in [-0.1, -0.05) is 75.1 Å². The second-order valence-electron chi connectivity index (χ2n) is 6.80. The molecule has 0 amide bonds. The Bertz CT molecular complexity index is 499. The van der Waals surface area contributed by atoms with Crippen molar-refractivity contribution in [2.45, 2.75) is 84.0 Å². The Morgan fingerprint density at radius 1 is 0.923 bits per heavy atom. The third-order valence-corrected chi connectivity index (χ3v) is 5.34. The quantitative estimate of drug-likeness (QED) is 0.124. The number of rotatable bonds is 14. The molecule has 1 fully saturated rings. The molecule has 0 bridgehead atoms. The lowest BCUT2D eigenvalue weighted by molar-refractivity contribution is -0.115. The summed E-state index contributed by atoms with van der Waals surface area (Å²) in [7, 11) is 0. The molecule has 4 heteroatoms. The molecule has 1 rings (SSSR count). The van der Waals surface area contributed by atoms with E-state index < -0.39 is 0 Å². The van der Waals surface area contributed by atoms with Crippen LogP contribution in [0, 0.1) is 0 Å². The van der Waals surface area contributed by atoms with E-state index in [0.717, 1.165) is 43.9 Å². The Balaban J connectivity index is 1.96. The van der Waals surface area contributed by atoms with Crippen molar-refractivity contribution >= 4 is 22.7 Å². The molecular weight excluding hydrogens is 344 g/mol. The minimum Gasteiger partial charge on any atom is -0.511 e. The molecule has 0 unspecified atom stereocenters. The van der Waals surface area contributed by atoms with Crippen LogP contribution in [-0.2, 0) is 9.59 Å². The highest BCUT2D eigenvalue weighted by Gasteiger charge is 2.30. The number of carbonyl (C=O) groups excluding carboxylic acids is 2. The van der Waals surface area contributed by atoms with Gasteiger partial charge in [-0.3, -0.25) is 9.59 Å². The summed E-state index contributed by atoms with van der Waals surface area (Å²) >= 11 is 0.989. The second-order valence-corrected chi connectivity index (χ2v) is 7.75. The van der Waals surface area contributed by atoms with Gasteiger partial charge in [-0.05, 0) is 38.5 Å². The largest absolute Gasteiger partial charge is 0.511 e.